The van der Waals surface area contributed by atoms with E-state index in [9.17, 15) is 4.79 Å². The van der Waals surface area contributed by atoms with Crippen molar-refractivity contribution in [1.82, 2.24) is 4.98 Å². The summed E-state index contributed by atoms with van der Waals surface area (Å²) in [5.41, 5.74) is 0.439. The van der Waals surface area contributed by atoms with Crippen LogP contribution < -0.4 is 5.32 Å². The Morgan fingerprint density at radius 2 is 2.43 bits per heavy atom. The van der Waals surface area contributed by atoms with Crippen LogP contribution in [0, 0.1) is 11.8 Å². The molecule has 1 N–H and O–H groups in total. The van der Waals surface area contributed by atoms with Gasteiger partial charge in [-0.15, -0.1) is 0 Å². The van der Waals surface area contributed by atoms with E-state index in [0.717, 1.165) is 4.47 Å². The number of hydrogen-bond donors (Lipinski definition) is 1. The lowest BCUT2D eigenvalue weighted by atomic mass is 10.4. The smallest absolute Gasteiger partial charge is 0.300 e. The molecule has 72 valence electrons. The summed E-state index contributed by atoms with van der Waals surface area (Å²) in [7, 11) is 0. The molecule has 0 aliphatic carbocycles. The number of nitrogens with one attached hydrogen (secondary N) is 1. The van der Waals surface area contributed by atoms with E-state index in [4.69, 9.17) is 11.6 Å². The fourth-order valence-corrected chi connectivity index (χ4v) is 1.26. The zero-order chi connectivity index (χ0) is 10.6. The Balaban J connectivity index is 2.89. The topological polar surface area (TPSA) is 42.0 Å². The third-order valence-electron chi connectivity index (χ3n) is 1.29. The van der Waals surface area contributed by atoms with Crippen molar-refractivity contribution in [2.45, 2.75) is 6.92 Å². The minimum atomic E-state index is -0.408. The minimum Gasteiger partial charge on any atom is -0.312 e. The lowest BCUT2D eigenvalue weighted by molar-refractivity contribution is -0.111. The third-order valence-corrected chi connectivity index (χ3v) is 2.03. The summed E-state index contributed by atoms with van der Waals surface area (Å²) in [5, 5.41) is 2.75. The first-order valence-electron chi connectivity index (χ1n) is 3.68. The predicted octanol–water partition coefficient (Wildman–Crippen LogP) is 2.46. The molecule has 0 bridgehead atoms. The first-order valence-corrected chi connectivity index (χ1v) is 4.85. The molecule has 0 unspecified atom stereocenters. The zero-order valence-electron chi connectivity index (χ0n) is 7.27. The maximum absolute atomic E-state index is 11.1. The molecule has 0 atom stereocenters. The molecule has 0 saturated heterocycles. The van der Waals surface area contributed by atoms with Gasteiger partial charge in [0.25, 0.3) is 5.91 Å². The molecular formula is C9H6BrClN2O. The van der Waals surface area contributed by atoms with Crippen LogP contribution in [-0.4, -0.2) is 10.9 Å². The Bertz CT molecular complexity index is 423. The van der Waals surface area contributed by atoms with E-state index in [1.807, 2.05) is 0 Å². The Kier molecular flexibility index (Phi) is 3.93. The van der Waals surface area contributed by atoms with Crippen molar-refractivity contribution in [3.8, 4) is 11.8 Å². The molecule has 14 heavy (non-hydrogen) atoms. The molecule has 1 aromatic heterocycles. The fourth-order valence-electron chi connectivity index (χ4n) is 0.777. The van der Waals surface area contributed by atoms with Crippen LogP contribution in [0.25, 0.3) is 0 Å². The Morgan fingerprint density at radius 3 is 3.07 bits per heavy atom. The highest BCUT2D eigenvalue weighted by molar-refractivity contribution is 9.10. The standard InChI is InChI=1S/C9H6BrClN2O/c1-2-3-8(14)13-7-4-6(10)5-12-9(7)11/h4-5H,1H3,(H,13,14). The van der Waals surface area contributed by atoms with Crippen molar-refractivity contribution in [2.24, 2.45) is 0 Å². The number of pyridine rings is 1. The van der Waals surface area contributed by atoms with Gasteiger partial charge in [0.05, 0.1) is 5.69 Å². The lowest BCUT2D eigenvalue weighted by Gasteiger charge is -2.02. The van der Waals surface area contributed by atoms with E-state index in [-0.39, 0.29) is 5.15 Å². The van der Waals surface area contributed by atoms with Gasteiger partial charge in [0.1, 0.15) is 0 Å². The van der Waals surface area contributed by atoms with Gasteiger partial charge in [-0.25, -0.2) is 4.98 Å². The first-order chi connectivity index (χ1) is 6.63. The van der Waals surface area contributed by atoms with Crippen molar-refractivity contribution in [1.29, 1.82) is 0 Å². The highest BCUT2D eigenvalue weighted by Crippen LogP contribution is 2.22. The largest absolute Gasteiger partial charge is 0.312 e. The molecular weight excluding hydrogens is 267 g/mol. The molecule has 1 rings (SSSR count). The van der Waals surface area contributed by atoms with E-state index in [2.05, 4.69) is 38.1 Å². The number of amides is 1. The van der Waals surface area contributed by atoms with Crippen molar-refractivity contribution in [2.75, 3.05) is 5.32 Å². The second kappa shape index (κ2) is 4.99. The Hall–Kier alpha value is -1.05. The number of nitrogens with zero attached hydrogens (tertiary/aromatic N) is 1. The third kappa shape index (κ3) is 3.02. The number of aromatic nitrogens is 1. The van der Waals surface area contributed by atoms with Crippen LogP contribution in [0.4, 0.5) is 5.69 Å². The van der Waals surface area contributed by atoms with Crippen LogP contribution >= 0.6 is 27.5 Å². The summed E-state index contributed by atoms with van der Waals surface area (Å²) in [6.45, 7) is 1.58. The molecule has 0 aliphatic rings. The fraction of sp³-hybridized carbons (Fsp3) is 0.111. The van der Waals surface area contributed by atoms with Crippen LogP contribution in [0.1, 0.15) is 6.92 Å². The summed E-state index contributed by atoms with van der Waals surface area (Å²) in [5.74, 6) is 4.42. The van der Waals surface area contributed by atoms with Gasteiger partial charge in [0, 0.05) is 10.7 Å². The molecule has 0 spiro atoms. The number of rotatable bonds is 1. The minimum absolute atomic E-state index is 0.236. The second-order valence-electron chi connectivity index (χ2n) is 2.32. The second-order valence-corrected chi connectivity index (χ2v) is 3.59. The molecule has 0 saturated carbocycles. The summed E-state index contributed by atoms with van der Waals surface area (Å²) < 4.78 is 0.738. The highest BCUT2D eigenvalue weighted by atomic mass is 79.9. The molecule has 3 nitrogen and oxygen atoms in total. The van der Waals surface area contributed by atoms with Crippen LogP contribution in [-0.2, 0) is 4.79 Å². The number of carbonyl (C=O) groups is 1. The van der Waals surface area contributed by atoms with Gasteiger partial charge in [0.15, 0.2) is 5.15 Å². The van der Waals surface area contributed by atoms with E-state index in [1.165, 1.54) is 0 Å². The molecule has 1 amide bonds. The zero-order valence-corrected chi connectivity index (χ0v) is 9.61. The van der Waals surface area contributed by atoms with Gasteiger partial charge in [-0.05, 0) is 34.8 Å². The van der Waals surface area contributed by atoms with E-state index in [1.54, 1.807) is 19.2 Å². The van der Waals surface area contributed by atoms with Gasteiger partial charge >= 0.3 is 0 Å². The summed E-state index contributed by atoms with van der Waals surface area (Å²) in [6.07, 6.45) is 1.55. The van der Waals surface area contributed by atoms with Gasteiger partial charge < -0.3 is 5.32 Å². The number of anilines is 1. The lowest BCUT2D eigenvalue weighted by Crippen LogP contribution is -2.09. The maximum Gasteiger partial charge on any atom is 0.300 e. The Labute approximate surface area is 95.0 Å². The Morgan fingerprint density at radius 1 is 1.71 bits per heavy atom. The van der Waals surface area contributed by atoms with Crippen molar-refractivity contribution in [3.63, 3.8) is 0 Å². The molecule has 1 aromatic rings. The van der Waals surface area contributed by atoms with E-state index < -0.39 is 5.91 Å². The molecule has 0 radical (unpaired) electrons. The number of halogens is 2. The highest BCUT2D eigenvalue weighted by Gasteiger charge is 2.04. The number of hydrogen-bond acceptors (Lipinski definition) is 2. The van der Waals surface area contributed by atoms with Crippen LogP contribution in [0.2, 0.25) is 5.15 Å². The normalized spacial score (nSPS) is 8.79. The molecule has 5 heteroatoms. The van der Waals surface area contributed by atoms with Crippen molar-refractivity contribution < 1.29 is 4.79 Å². The molecule has 0 aromatic carbocycles. The average molecular weight is 274 g/mol. The first kappa shape index (κ1) is 11.0. The van der Waals surface area contributed by atoms with Crippen molar-refractivity contribution >= 4 is 39.1 Å². The summed E-state index contributed by atoms with van der Waals surface area (Å²) in [4.78, 5) is 14.9. The molecule has 1 heterocycles. The van der Waals surface area contributed by atoms with E-state index in [0.29, 0.717) is 5.69 Å². The monoisotopic (exact) mass is 272 g/mol. The van der Waals surface area contributed by atoms with Gasteiger partial charge in [-0.1, -0.05) is 17.5 Å². The summed E-state index contributed by atoms with van der Waals surface area (Å²) in [6, 6.07) is 1.66. The van der Waals surface area contributed by atoms with Gasteiger partial charge in [0.2, 0.25) is 0 Å². The predicted molar refractivity (Wildman–Crippen MR) is 59.0 cm³/mol. The van der Waals surface area contributed by atoms with Crippen LogP contribution in [0.3, 0.4) is 0 Å². The number of carbonyl (C=O) groups excluding carboxylic acids is 1. The average Bonchev–Trinajstić information content (AvgIpc) is 2.12. The van der Waals surface area contributed by atoms with Crippen LogP contribution in [0.5, 0.6) is 0 Å². The van der Waals surface area contributed by atoms with E-state index >= 15 is 0 Å². The van der Waals surface area contributed by atoms with Crippen molar-refractivity contribution in [3.05, 3.63) is 21.9 Å². The molecule has 0 aliphatic heterocycles. The summed E-state index contributed by atoms with van der Waals surface area (Å²) >= 11 is 8.96. The van der Waals surface area contributed by atoms with Gasteiger partial charge in [-0.2, -0.15) is 0 Å². The quantitative estimate of drug-likeness (QED) is 0.631. The maximum atomic E-state index is 11.1. The molecule has 0 fully saturated rings. The SMILES string of the molecule is CC#CC(=O)Nc1cc(Br)cnc1Cl. The van der Waals surface area contributed by atoms with Crippen LogP contribution in [0.15, 0.2) is 16.7 Å². The van der Waals surface area contributed by atoms with Gasteiger partial charge in [-0.3, -0.25) is 4.79 Å².